The molecular formula is C50H57FN6O9S. The molecule has 0 bridgehead atoms. The number of benzene rings is 3. The zero-order valence-corrected chi connectivity index (χ0v) is 38.8. The number of nitro groups is 1. The number of carbonyl (C=O) groups is 1. The third-order valence-electron chi connectivity index (χ3n) is 15.2. The lowest BCUT2D eigenvalue weighted by atomic mass is 9.59. The lowest BCUT2D eigenvalue weighted by molar-refractivity contribution is -0.386. The van der Waals surface area contributed by atoms with Crippen LogP contribution in [0.2, 0.25) is 0 Å². The van der Waals surface area contributed by atoms with Gasteiger partial charge in [0.05, 0.1) is 32.6 Å². The van der Waals surface area contributed by atoms with Crippen LogP contribution in [0.5, 0.6) is 23.0 Å². The highest BCUT2D eigenvalue weighted by Crippen LogP contribution is 2.54. The summed E-state index contributed by atoms with van der Waals surface area (Å²) in [6, 6.07) is 18.2. The van der Waals surface area contributed by atoms with E-state index in [0.29, 0.717) is 49.3 Å². The fourth-order valence-corrected chi connectivity index (χ4v) is 12.4. The predicted molar refractivity (Wildman–Crippen MR) is 249 cm³/mol. The van der Waals surface area contributed by atoms with E-state index in [1.54, 1.807) is 19.1 Å². The van der Waals surface area contributed by atoms with Crippen molar-refractivity contribution in [1.82, 2.24) is 19.6 Å². The van der Waals surface area contributed by atoms with Gasteiger partial charge in [0.25, 0.3) is 15.9 Å². The Bertz CT molecular complexity index is 2830. The number of aliphatic hydroxyl groups is 1. The van der Waals surface area contributed by atoms with Crippen molar-refractivity contribution in [1.29, 1.82) is 0 Å². The van der Waals surface area contributed by atoms with Gasteiger partial charge < -0.3 is 29.2 Å². The molecule has 5 heterocycles. The number of halogens is 1. The molecule has 3 N–H and O–H groups in total. The van der Waals surface area contributed by atoms with Gasteiger partial charge >= 0.3 is 5.69 Å². The van der Waals surface area contributed by atoms with E-state index in [9.17, 15) is 32.8 Å². The monoisotopic (exact) mass is 936 g/mol. The van der Waals surface area contributed by atoms with Gasteiger partial charge in [-0.05, 0) is 124 Å². The molecule has 2 atom stereocenters. The smallest absolute Gasteiger partial charge is 0.316 e. The fourth-order valence-electron chi connectivity index (χ4n) is 11.4. The molecule has 4 fully saturated rings. The van der Waals surface area contributed by atoms with Crippen LogP contribution < -0.4 is 23.8 Å². The topological polar surface area (TPSA) is 189 Å². The number of nitrogens with zero attached hydrogens (tertiary/aromatic N) is 4. The first kappa shape index (κ1) is 45.0. The highest BCUT2D eigenvalue weighted by Gasteiger charge is 2.50. The summed E-state index contributed by atoms with van der Waals surface area (Å²) in [6.45, 7) is 9.02. The number of aromatic nitrogens is 2. The van der Waals surface area contributed by atoms with E-state index >= 15 is 0 Å². The molecule has 2 aromatic heterocycles. The van der Waals surface area contributed by atoms with Crippen LogP contribution in [0, 0.1) is 27.3 Å². The van der Waals surface area contributed by atoms with Gasteiger partial charge in [0.2, 0.25) is 5.75 Å². The summed E-state index contributed by atoms with van der Waals surface area (Å²) in [4.78, 5) is 37.1. The Hall–Kier alpha value is -5.78. The largest absolute Gasteiger partial charge is 0.485 e. The quantitative estimate of drug-likeness (QED) is 0.0842. The van der Waals surface area contributed by atoms with Crippen LogP contribution >= 0.6 is 0 Å². The molecule has 17 heteroatoms. The standard InChI is InChI=1S/C50H57FN6O9S/c1-30(2)36-7-4-5-8-37(36)41-9-6-18-56(41)33-25-50(26-33)16-19-55(20-17-50)32-10-11-38(43(21-32)65-34-22-39-40(51)28-53-47(39)52-27-34)48(58)54-67(62,63)35-23-42(57(60)61)46-44(24-35)64-29-45(66-46)31-12-14-49(3,59)15-13-31/h4-5,7-8,10-11,21-24,27-28,30-31,33,41,45,59H,6,9,12-20,25-26,29H2,1-3H3,(H,52,53)(H,54,58)/t31-,41-,45-,49-/m0/s1. The molecule has 15 nitrogen and oxygen atoms in total. The molecular weight excluding hydrogens is 880 g/mol. The van der Waals surface area contributed by atoms with Crippen molar-refractivity contribution in [2.75, 3.05) is 31.1 Å². The maximum Gasteiger partial charge on any atom is 0.316 e. The number of piperidine rings is 1. The number of amides is 1. The highest BCUT2D eigenvalue weighted by atomic mass is 32.2. The number of nitro benzene ring substituents is 1. The second kappa shape index (κ2) is 17.4. The second-order valence-electron chi connectivity index (χ2n) is 20.0. The summed E-state index contributed by atoms with van der Waals surface area (Å²) in [7, 11) is -4.74. The number of aromatic amines is 1. The zero-order chi connectivity index (χ0) is 46.8. The van der Waals surface area contributed by atoms with Crippen molar-refractivity contribution in [3.8, 4) is 23.0 Å². The van der Waals surface area contributed by atoms with Gasteiger partial charge in [0.1, 0.15) is 35.7 Å². The van der Waals surface area contributed by atoms with Crippen LogP contribution in [0.25, 0.3) is 11.0 Å². The van der Waals surface area contributed by atoms with Crippen molar-refractivity contribution >= 4 is 38.3 Å². The Morgan fingerprint density at radius 1 is 1.04 bits per heavy atom. The third-order valence-corrected chi connectivity index (χ3v) is 16.5. The van der Waals surface area contributed by atoms with E-state index < -0.39 is 49.0 Å². The lowest BCUT2D eigenvalue weighted by Crippen LogP contribution is -2.54. The van der Waals surface area contributed by atoms with E-state index in [0.717, 1.165) is 63.1 Å². The van der Waals surface area contributed by atoms with Crippen LogP contribution in [0.1, 0.15) is 118 Å². The van der Waals surface area contributed by atoms with Crippen LogP contribution in [-0.4, -0.2) is 83.2 Å². The van der Waals surface area contributed by atoms with E-state index in [4.69, 9.17) is 14.2 Å². The number of hydrogen-bond donors (Lipinski definition) is 3. The van der Waals surface area contributed by atoms with Gasteiger partial charge in [-0.15, -0.1) is 0 Å². The number of ether oxygens (including phenoxy) is 3. The molecule has 5 aliphatic rings. The van der Waals surface area contributed by atoms with Gasteiger partial charge in [0, 0.05) is 55.3 Å². The number of fused-ring (bicyclic) bond motifs is 2. The van der Waals surface area contributed by atoms with Crippen LogP contribution in [-0.2, 0) is 10.0 Å². The molecule has 3 aliphatic heterocycles. The van der Waals surface area contributed by atoms with Gasteiger partial charge in [-0.1, -0.05) is 38.1 Å². The number of pyridine rings is 1. The molecule has 0 radical (unpaired) electrons. The van der Waals surface area contributed by atoms with Gasteiger partial charge in [0.15, 0.2) is 5.75 Å². The zero-order valence-electron chi connectivity index (χ0n) is 38.0. The Labute approximate surface area is 389 Å². The average Bonchev–Trinajstić information content (AvgIpc) is 3.94. The number of rotatable bonds is 11. The SMILES string of the molecule is CC(C)c1ccccc1[C@@H]1CCCN1C1CC2(CCN(c3ccc(C(=O)NS(=O)(=O)c4cc5c(c([N+](=O)[O-])c4)O[C@H]([C@H]4CC[C@](C)(O)CC4)CO5)c(Oc4cnc5[nH]cc(F)c5c4)c3)CC2)C1. The molecule has 10 rings (SSSR count). The lowest BCUT2D eigenvalue weighted by Gasteiger charge is -2.56. The number of H-pyrrole nitrogens is 1. The summed E-state index contributed by atoms with van der Waals surface area (Å²) in [5.41, 5.74) is 2.68. The minimum absolute atomic E-state index is 0.0106. The normalized spacial score (nSPS) is 24.2. The molecule has 2 saturated carbocycles. The molecule has 1 amide bonds. The van der Waals surface area contributed by atoms with E-state index in [2.05, 4.69) is 62.6 Å². The number of anilines is 1. The first-order valence-corrected chi connectivity index (χ1v) is 25.0. The fraction of sp³-hybridized carbons (Fsp3) is 0.480. The molecule has 3 aromatic carbocycles. The van der Waals surface area contributed by atoms with E-state index in [-0.39, 0.29) is 51.9 Å². The van der Waals surface area contributed by atoms with Crippen molar-refractivity contribution in [3.05, 3.63) is 106 Å². The van der Waals surface area contributed by atoms with Gasteiger partial charge in [-0.2, -0.15) is 0 Å². The number of likely N-dealkylation sites (tertiary alicyclic amines) is 1. The van der Waals surface area contributed by atoms with Crippen molar-refractivity contribution in [2.24, 2.45) is 11.3 Å². The number of sulfonamides is 1. The van der Waals surface area contributed by atoms with E-state index in [1.165, 1.54) is 48.5 Å². The van der Waals surface area contributed by atoms with Gasteiger partial charge in [-0.25, -0.2) is 22.5 Å². The average molecular weight is 937 g/mol. The van der Waals surface area contributed by atoms with Crippen molar-refractivity contribution < 1.29 is 41.8 Å². The first-order valence-electron chi connectivity index (χ1n) is 23.5. The summed E-state index contributed by atoms with van der Waals surface area (Å²) in [5, 5.41) is 22.9. The molecule has 354 valence electrons. The summed E-state index contributed by atoms with van der Waals surface area (Å²) in [5.74, 6) is -1.34. The minimum Gasteiger partial charge on any atom is -0.485 e. The highest BCUT2D eigenvalue weighted by molar-refractivity contribution is 7.90. The first-order chi connectivity index (χ1) is 32.1. The maximum atomic E-state index is 14.7. The van der Waals surface area contributed by atoms with Gasteiger partial charge in [-0.3, -0.25) is 19.8 Å². The Morgan fingerprint density at radius 2 is 1.81 bits per heavy atom. The van der Waals surface area contributed by atoms with Crippen LogP contribution in [0.3, 0.4) is 0 Å². The predicted octanol–water partition coefficient (Wildman–Crippen LogP) is 9.31. The second-order valence-corrected chi connectivity index (χ2v) is 21.7. The van der Waals surface area contributed by atoms with Crippen molar-refractivity contribution in [2.45, 2.75) is 120 Å². The Balaban J connectivity index is 0.863. The molecule has 2 saturated heterocycles. The maximum absolute atomic E-state index is 14.7. The Kier molecular flexibility index (Phi) is 11.7. The molecule has 5 aromatic rings. The number of nitrogens with one attached hydrogen (secondary N) is 2. The minimum atomic E-state index is -4.74. The third kappa shape index (κ3) is 8.81. The van der Waals surface area contributed by atoms with Crippen LogP contribution in [0.15, 0.2) is 78.0 Å². The summed E-state index contributed by atoms with van der Waals surface area (Å²) < 4.78 is 62.9. The molecule has 1 spiro atoms. The van der Waals surface area contributed by atoms with E-state index in [1.807, 2.05) is 0 Å². The van der Waals surface area contributed by atoms with Crippen LogP contribution in [0.4, 0.5) is 15.8 Å². The Morgan fingerprint density at radius 3 is 2.55 bits per heavy atom. The summed E-state index contributed by atoms with van der Waals surface area (Å²) in [6.07, 6.45) is 11.1. The molecule has 67 heavy (non-hydrogen) atoms. The number of carbonyl (C=O) groups excluding carboxylic acids is 1. The number of hydrogen-bond acceptors (Lipinski definition) is 12. The van der Waals surface area contributed by atoms with Crippen molar-refractivity contribution in [3.63, 3.8) is 0 Å². The molecule has 0 unspecified atom stereocenters. The molecule has 2 aliphatic carbocycles. The summed E-state index contributed by atoms with van der Waals surface area (Å²) >= 11 is 0.